The summed E-state index contributed by atoms with van der Waals surface area (Å²) in [7, 11) is 2.09. The van der Waals surface area contributed by atoms with Crippen LogP contribution in [0.2, 0.25) is 0 Å². The molecule has 2 heterocycles. The molecule has 0 aromatic carbocycles. The van der Waals surface area contributed by atoms with Crippen molar-refractivity contribution >= 4 is 6.03 Å². The normalized spacial score (nSPS) is 27.3. The van der Waals surface area contributed by atoms with Gasteiger partial charge in [-0.2, -0.15) is 0 Å². The average molecular weight is 240 g/mol. The van der Waals surface area contributed by atoms with Gasteiger partial charge in [0.25, 0.3) is 0 Å². The summed E-state index contributed by atoms with van der Waals surface area (Å²) < 4.78 is 0. The number of nitrogens with two attached hydrogens (primary N) is 1. The van der Waals surface area contributed by atoms with Crippen molar-refractivity contribution in [2.24, 2.45) is 5.73 Å². The maximum absolute atomic E-state index is 12.4. The predicted molar refractivity (Wildman–Crippen MR) is 67.9 cm³/mol. The molecule has 0 saturated carbocycles. The minimum Gasteiger partial charge on any atom is -0.328 e. The van der Waals surface area contributed by atoms with Crippen molar-refractivity contribution in [1.82, 2.24) is 14.7 Å². The molecule has 0 aromatic heterocycles. The van der Waals surface area contributed by atoms with Gasteiger partial charge < -0.3 is 20.4 Å². The van der Waals surface area contributed by atoms with Crippen molar-refractivity contribution < 1.29 is 4.79 Å². The number of piperazine rings is 1. The molecular formula is C12H24N4O. The highest BCUT2D eigenvalue weighted by molar-refractivity contribution is 5.75. The van der Waals surface area contributed by atoms with Gasteiger partial charge in [-0.05, 0) is 26.3 Å². The van der Waals surface area contributed by atoms with Gasteiger partial charge in [0.05, 0.1) is 6.04 Å². The van der Waals surface area contributed by atoms with Crippen LogP contribution in [0, 0.1) is 0 Å². The van der Waals surface area contributed by atoms with Crippen molar-refractivity contribution in [3.63, 3.8) is 0 Å². The zero-order valence-corrected chi connectivity index (χ0v) is 10.8. The highest BCUT2D eigenvalue weighted by Gasteiger charge is 2.31. The molecule has 17 heavy (non-hydrogen) atoms. The lowest BCUT2D eigenvalue weighted by atomic mass is 10.1. The fraction of sp³-hybridized carbons (Fsp3) is 0.917. The van der Waals surface area contributed by atoms with E-state index in [1.165, 1.54) is 6.42 Å². The number of hydrogen-bond donors (Lipinski definition) is 1. The molecule has 2 saturated heterocycles. The van der Waals surface area contributed by atoms with E-state index in [1.54, 1.807) is 0 Å². The standard InChI is InChI=1S/C12H24N4O/c1-14-7-8-16(11(9-13)10-14)12(17)15-5-3-2-4-6-15/h11H,2-10,13H2,1H3. The number of likely N-dealkylation sites (N-methyl/N-ethyl adjacent to an activating group) is 1. The zero-order valence-electron chi connectivity index (χ0n) is 10.8. The summed E-state index contributed by atoms with van der Waals surface area (Å²) in [5, 5.41) is 0. The third-order valence-corrected chi connectivity index (χ3v) is 3.83. The number of nitrogens with zero attached hydrogens (tertiary/aromatic N) is 3. The zero-order chi connectivity index (χ0) is 12.3. The van der Waals surface area contributed by atoms with E-state index in [0.29, 0.717) is 6.54 Å². The van der Waals surface area contributed by atoms with Crippen LogP contribution in [0.25, 0.3) is 0 Å². The molecule has 2 amide bonds. The number of amides is 2. The highest BCUT2D eigenvalue weighted by atomic mass is 16.2. The lowest BCUT2D eigenvalue weighted by Gasteiger charge is -2.42. The fourth-order valence-electron chi connectivity index (χ4n) is 2.73. The minimum atomic E-state index is 0.183. The molecule has 5 heteroatoms. The van der Waals surface area contributed by atoms with Crippen LogP contribution < -0.4 is 5.73 Å². The molecule has 2 rings (SSSR count). The average Bonchev–Trinajstić information content (AvgIpc) is 2.39. The van der Waals surface area contributed by atoms with Crippen LogP contribution >= 0.6 is 0 Å². The van der Waals surface area contributed by atoms with E-state index >= 15 is 0 Å². The Morgan fingerprint density at radius 1 is 1.18 bits per heavy atom. The summed E-state index contributed by atoms with van der Waals surface area (Å²) in [6.07, 6.45) is 3.55. The first-order valence-electron chi connectivity index (χ1n) is 6.66. The molecule has 5 nitrogen and oxygen atoms in total. The van der Waals surface area contributed by atoms with Crippen molar-refractivity contribution in [2.75, 3.05) is 46.3 Å². The van der Waals surface area contributed by atoms with Crippen LogP contribution in [-0.4, -0.2) is 73.1 Å². The molecule has 2 aliphatic heterocycles. The lowest BCUT2D eigenvalue weighted by Crippen LogP contribution is -2.60. The van der Waals surface area contributed by atoms with Gasteiger partial charge in [0, 0.05) is 39.3 Å². The molecule has 1 unspecified atom stereocenters. The van der Waals surface area contributed by atoms with Gasteiger partial charge in [0.1, 0.15) is 0 Å². The smallest absolute Gasteiger partial charge is 0.320 e. The van der Waals surface area contributed by atoms with E-state index in [2.05, 4.69) is 11.9 Å². The largest absolute Gasteiger partial charge is 0.328 e. The summed E-state index contributed by atoms with van der Waals surface area (Å²) in [6.45, 7) is 5.06. The number of carbonyl (C=O) groups is 1. The first kappa shape index (κ1) is 12.6. The van der Waals surface area contributed by atoms with E-state index in [0.717, 1.165) is 45.6 Å². The Morgan fingerprint density at radius 3 is 2.53 bits per heavy atom. The van der Waals surface area contributed by atoms with Crippen LogP contribution in [0.3, 0.4) is 0 Å². The van der Waals surface area contributed by atoms with Gasteiger partial charge in [-0.3, -0.25) is 0 Å². The molecule has 0 spiro atoms. The molecule has 1 atom stereocenters. The van der Waals surface area contributed by atoms with Crippen molar-refractivity contribution in [3.8, 4) is 0 Å². The number of rotatable bonds is 1. The Hall–Kier alpha value is -0.810. The Morgan fingerprint density at radius 2 is 1.88 bits per heavy atom. The lowest BCUT2D eigenvalue weighted by molar-refractivity contribution is 0.0837. The van der Waals surface area contributed by atoms with Crippen LogP contribution in [0.4, 0.5) is 4.79 Å². The summed E-state index contributed by atoms with van der Waals surface area (Å²) >= 11 is 0. The summed E-state index contributed by atoms with van der Waals surface area (Å²) in [5.74, 6) is 0. The van der Waals surface area contributed by atoms with Gasteiger partial charge >= 0.3 is 6.03 Å². The molecule has 0 aromatic rings. The van der Waals surface area contributed by atoms with Gasteiger partial charge in [0.2, 0.25) is 0 Å². The second-order valence-electron chi connectivity index (χ2n) is 5.18. The summed E-state index contributed by atoms with van der Waals surface area (Å²) in [6, 6.07) is 0.386. The van der Waals surface area contributed by atoms with Crippen molar-refractivity contribution in [1.29, 1.82) is 0 Å². The molecule has 0 radical (unpaired) electrons. The van der Waals surface area contributed by atoms with Gasteiger partial charge in [-0.1, -0.05) is 0 Å². The molecule has 2 aliphatic rings. The van der Waals surface area contributed by atoms with Gasteiger partial charge in [-0.25, -0.2) is 4.79 Å². The molecule has 2 fully saturated rings. The maximum Gasteiger partial charge on any atom is 0.320 e. The van der Waals surface area contributed by atoms with Gasteiger partial charge in [-0.15, -0.1) is 0 Å². The SMILES string of the molecule is CN1CCN(C(=O)N2CCCCC2)C(CN)C1. The van der Waals surface area contributed by atoms with E-state index in [-0.39, 0.29) is 12.1 Å². The topological polar surface area (TPSA) is 52.8 Å². The minimum absolute atomic E-state index is 0.183. The second-order valence-corrected chi connectivity index (χ2v) is 5.18. The van der Waals surface area contributed by atoms with Gasteiger partial charge in [0.15, 0.2) is 0 Å². The highest BCUT2D eigenvalue weighted by Crippen LogP contribution is 2.15. The Labute approximate surface area is 104 Å². The third-order valence-electron chi connectivity index (χ3n) is 3.83. The number of urea groups is 1. The monoisotopic (exact) mass is 240 g/mol. The summed E-state index contributed by atoms with van der Waals surface area (Å²) in [4.78, 5) is 18.6. The Bertz CT molecular complexity index is 265. The number of likely N-dealkylation sites (tertiary alicyclic amines) is 1. The van der Waals surface area contributed by atoms with Crippen LogP contribution in [0.5, 0.6) is 0 Å². The third kappa shape index (κ3) is 2.90. The number of piperidine rings is 1. The van der Waals surface area contributed by atoms with Crippen LogP contribution in [0.15, 0.2) is 0 Å². The first-order chi connectivity index (χ1) is 8.22. The van der Waals surface area contributed by atoms with Crippen molar-refractivity contribution in [2.45, 2.75) is 25.3 Å². The molecule has 0 aliphatic carbocycles. The summed E-state index contributed by atoms with van der Waals surface area (Å²) in [5.41, 5.74) is 5.78. The maximum atomic E-state index is 12.4. The van der Waals surface area contributed by atoms with E-state index in [4.69, 9.17) is 5.73 Å². The first-order valence-corrected chi connectivity index (χ1v) is 6.66. The fourth-order valence-corrected chi connectivity index (χ4v) is 2.73. The Kier molecular flexibility index (Phi) is 4.23. The Balaban J connectivity index is 1.96. The molecular weight excluding hydrogens is 216 g/mol. The molecule has 2 N–H and O–H groups in total. The molecule has 98 valence electrons. The predicted octanol–water partition coefficient (Wildman–Crippen LogP) is 0.167. The van der Waals surface area contributed by atoms with E-state index < -0.39 is 0 Å². The van der Waals surface area contributed by atoms with Crippen LogP contribution in [0.1, 0.15) is 19.3 Å². The quantitative estimate of drug-likeness (QED) is 0.711. The number of hydrogen-bond acceptors (Lipinski definition) is 3. The second kappa shape index (κ2) is 5.69. The van der Waals surface area contributed by atoms with Crippen molar-refractivity contribution in [3.05, 3.63) is 0 Å². The van der Waals surface area contributed by atoms with E-state index in [1.807, 2.05) is 9.80 Å². The molecule has 0 bridgehead atoms. The van der Waals surface area contributed by atoms with E-state index in [9.17, 15) is 4.79 Å². The van der Waals surface area contributed by atoms with Crippen LogP contribution in [-0.2, 0) is 0 Å². The number of carbonyl (C=O) groups excluding carboxylic acids is 1.